The summed E-state index contributed by atoms with van der Waals surface area (Å²) in [5.74, 6) is -0.162. The van der Waals surface area contributed by atoms with Gasteiger partial charge in [0.25, 0.3) is 0 Å². The van der Waals surface area contributed by atoms with Crippen LogP contribution in [0.1, 0.15) is 12.5 Å². The predicted octanol–water partition coefficient (Wildman–Crippen LogP) is 1.68. The summed E-state index contributed by atoms with van der Waals surface area (Å²) in [6, 6.07) is 4.49. The number of phenols is 1. The van der Waals surface area contributed by atoms with E-state index >= 15 is 0 Å². The van der Waals surface area contributed by atoms with Gasteiger partial charge in [-0.25, -0.2) is 4.39 Å². The van der Waals surface area contributed by atoms with Crippen molar-refractivity contribution in [1.29, 1.82) is 0 Å². The molecule has 0 saturated carbocycles. The number of phenolic OH excluding ortho intramolecular Hbond substituents is 1. The SMILES string of the molecule is C[C@@H](CN(C)Cc1cc(F)ccc1O)N1CCOCC1. The molecule has 1 atom stereocenters. The lowest BCUT2D eigenvalue weighted by Gasteiger charge is -2.34. The Labute approximate surface area is 119 Å². The lowest BCUT2D eigenvalue weighted by atomic mass is 10.1. The molecule has 1 aliphatic rings. The highest BCUT2D eigenvalue weighted by Gasteiger charge is 2.18. The molecule has 0 unspecified atom stereocenters. The summed E-state index contributed by atoms with van der Waals surface area (Å²) in [7, 11) is 1.99. The zero-order chi connectivity index (χ0) is 14.5. The molecule has 0 bridgehead atoms. The van der Waals surface area contributed by atoms with Gasteiger partial charge >= 0.3 is 0 Å². The van der Waals surface area contributed by atoms with Gasteiger partial charge in [-0.1, -0.05) is 0 Å². The number of nitrogens with zero attached hydrogens (tertiary/aromatic N) is 2. The number of benzene rings is 1. The first-order valence-corrected chi connectivity index (χ1v) is 7.04. The molecule has 5 heteroatoms. The minimum Gasteiger partial charge on any atom is -0.508 e. The summed E-state index contributed by atoms with van der Waals surface area (Å²) < 4.78 is 18.5. The molecule has 4 nitrogen and oxygen atoms in total. The largest absolute Gasteiger partial charge is 0.508 e. The Morgan fingerprint density at radius 2 is 2.10 bits per heavy atom. The summed E-state index contributed by atoms with van der Waals surface area (Å²) in [5.41, 5.74) is 0.627. The van der Waals surface area contributed by atoms with Crippen LogP contribution in [-0.2, 0) is 11.3 Å². The van der Waals surface area contributed by atoms with E-state index in [0.717, 1.165) is 32.8 Å². The summed E-state index contributed by atoms with van der Waals surface area (Å²) in [6.45, 7) is 7.10. The van der Waals surface area contributed by atoms with Crippen molar-refractivity contribution in [1.82, 2.24) is 9.80 Å². The first-order chi connectivity index (χ1) is 9.56. The van der Waals surface area contributed by atoms with Gasteiger partial charge in [0.15, 0.2) is 0 Å². The van der Waals surface area contributed by atoms with Gasteiger partial charge in [0, 0.05) is 37.8 Å². The van der Waals surface area contributed by atoms with Crippen molar-refractivity contribution < 1.29 is 14.2 Å². The molecule has 1 saturated heterocycles. The molecule has 1 N–H and O–H groups in total. The van der Waals surface area contributed by atoms with Crippen LogP contribution in [0.15, 0.2) is 18.2 Å². The number of ether oxygens (including phenoxy) is 1. The molecule has 1 heterocycles. The summed E-state index contributed by atoms with van der Waals surface area (Å²) in [5, 5.41) is 9.75. The van der Waals surface area contributed by atoms with Gasteiger partial charge in [-0.05, 0) is 32.2 Å². The van der Waals surface area contributed by atoms with E-state index in [4.69, 9.17) is 4.74 Å². The molecule has 20 heavy (non-hydrogen) atoms. The molecular formula is C15H23FN2O2. The van der Waals surface area contributed by atoms with E-state index in [0.29, 0.717) is 18.2 Å². The predicted molar refractivity (Wildman–Crippen MR) is 76.3 cm³/mol. The normalized spacial score (nSPS) is 18.4. The topological polar surface area (TPSA) is 35.9 Å². The first-order valence-electron chi connectivity index (χ1n) is 7.04. The second kappa shape index (κ2) is 7.02. The molecule has 112 valence electrons. The first kappa shape index (κ1) is 15.2. The van der Waals surface area contributed by atoms with Crippen molar-refractivity contribution in [3.05, 3.63) is 29.6 Å². The van der Waals surface area contributed by atoms with Gasteiger partial charge in [-0.2, -0.15) is 0 Å². The minimum atomic E-state index is -0.313. The third kappa shape index (κ3) is 4.16. The smallest absolute Gasteiger partial charge is 0.123 e. The third-order valence-electron chi connectivity index (χ3n) is 3.73. The van der Waals surface area contributed by atoms with Crippen LogP contribution >= 0.6 is 0 Å². The quantitative estimate of drug-likeness (QED) is 0.891. The van der Waals surface area contributed by atoms with Crippen molar-refractivity contribution in [2.45, 2.75) is 19.5 Å². The fourth-order valence-electron chi connectivity index (χ4n) is 2.62. The molecule has 0 spiro atoms. The molecule has 1 aromatic rings. The van der Waals surface area contributed by atoms with Crippen LogP contribution in [0.3, 0.4) is 0 Å². The summed E-state index contributed by atoms with van der Waals surface area (Å²) >= 11 is 0. The Hall–Kier alpha value is -1.17. The van der Waals surface area contributed by atoms with Gasteiger partial charge in [0.2, 0.25) is 0 Å². The zero-order valence-electron chi connectivity index (χ0n) is 12.2. The fourth-order valence-corrected chi connectivity index (χ4v) is 2.62. The summed E-state index contributed by atoms with van der Waals surface area (Å²) in [6.07, 6.45) is 0. The van der Waals surface area contributed by atoms with Crippen LogP contribution in [0.25, 0.3) is 0 Å². The number of halogens is 1. The van der Waals surface area contributed by atoms with Gasteiger partial charge in [0.05, 0.1) is 13.2 Å². The molecule has 0 radical (unpaired) electrons. The van der Waals surface area contributed by atoms with Crippen LogP contribution in [0.2, 0.25) is 0 Å². The van der Waals surface area contributed by atoms with Crippen molar-refractivity contribution in [3.63, 3.8) is 0 Å². The van der Waals surface area contributed by atoms with Crippen molar-refractivity contribution >= 4 is 0 Å². The number of hydrogen-bond donors (Lipinski definition) is 1. The maximum atomic E-state index is 13.2. The Balaban J connectivity index is 1.88. The third-order valence-corrected chi connectivity index (χ3v) is 3.73. The molecule has 0 amide bonds. The second-order valence-electron chi connectivity index (χ2n) is 5.47. The lowest BCUT2D eigenvalue weighted by molar-refractivity contribution is 0.0137. The van der Waals surface area contributed by atoms with Crippen LogP contribution in [0.4, 0.5) is 4.39 Å². The van der Waals surface area contributed by atoms with E-state index in [2.05, 4.69) is 16.7 Å². The van der Waals surface area contributed by atoms with Gasteiger partial charge in [-0.3, -0.25) is 4.90 Å². The van der Waals surface area contributed by atoms with Crippen LogP contribution in [0, 0.1) is 5.82 Å². The van der Waals surface area contributed by atoms with Gasteiger partial charge in [-0.15, -0.1) is 0 Å². The molecule has 1 fully saturated rings. The number of aromatic hydroxyl groups is 1. The second-order valence-corrected chi connectivity index (χ2v) is 5.47. The van der Waals surface area contributed by atoms with Crippen molar-refractivity contribution in [2.24, 2.45) is 0 Å². The number of likely N-dealkylation sites (N-methyl/N-ethyl adjacent to an activating group) is 1. The van der Waals surface area contributed by atoms with Crippen LogP contribution in [0.5, 0.6) is 5.75 Å². The number of hydrogen-bond acceptors (Lipinski definition) is 4. The van der Waals surface area contributed by atoms with Gasteiger partial charge in [0.1, 0.15) is 11.6 Å². The average molecular weight is 282 g/mol. The highest BCUT2D eigenvalue weighted by Crippen LogP contribution is 2.19. The van der Waals surface area contributed by atoms with Crippen LogP contribution < -0.4 is 0 Å². The molecule has 1 aliphatic heterocycles. The zero-order valence-corrected chi connectivity index (χ0v) is 12.2. The molecule has 0 aliphatic carbocycles. The monoisotopic (exact) mass is 282 g/mol. The molecular weight excluding hydrogens is 259 g/mol. The Kier molecular flexibility index (Phi) is 5.34. The maximum absolute atomic E-state index is 13.2. The Morgan fingerprint density at radius 3 is 2.80 bits per heavy atom. The molecule has 1 aromatic carbocycles. The highest BCUT2D eigenvalue weighted by molar-refractivity contribution is 5.32. The Morgan fingerprint density at radius 1 is 1.40 bits per heavy atom. The number of morpholine rings is 1. The van der Waals surface area contributed by atoms with E-state index < -0.39 is 0 Å². The average Bonchev–Trinajstić information content (AvgIpc) is 2.43. The minimum absolute atomic E-state index is 0.150. The van der Waals surface area contributed by atoms with Crippen molar-refractivity contribution in [3.8, 4) is 5.75 Å². The van der Waals surface area contributed by atoms with E-state index in [1.165, 1.54) is 18.2 Å². The lowest BCUT2D eigenvalue weighted by Crippen LogP contribution is -2.46. The van der Waals surface area contributed by atoms with E-state index in [1.807, 2.05) is 7.05 Å². The van der Waals surface area contributed by atoms with E-state index in [9.17, 15) is 9.50 Å². The van der Waals surface area contributed by atoms with E-state index in [-0.39, 0.29) is 11.6 Å². The fraction of sp³-hybridized carbons (Fsp3) is 0.600. The number of rotatable bonds is 5. The molecule has 0 aromatic heterocycles. The maximum Gasteiger partial charge on any atom is 0.123 e. The van der Waals surface area contributed by atoms with Gasteiger partial charge < -0.3 is 14.7 Å². The standard InChI is InChI=1S/C15H23FN2O2/c1-12(18-5-7-20-8-6-18)10-17(2)11-13-9-14(16)3-4-15(13)19/h3-4,9,12,19H,5-8,10-11H2,1-2H3/t12-/m0/s1. The highest BCUT2D eigenvalue weighted by atomic mass is 19.1. The Bertz CT molecular complexity index is 436. The molecule has 2 rings (SSSR count). The van der Waals surface area contributed by atoms with E-state index in [1.54, 1.807) is 0 Å². The van der Waals surface area contributed by atoms with Crippen molar-refractivity contribution in [2.75, 3.05) is 39.9 Å². The van der Waals surface area contributed by atoms with Crippen LogP contribution in [-0.4, -0.2) is 60.8 Å². The summed E-state index contributed by atoms with van der Waals surface area (Å²) in [4.78, 5) is 4.50.